The number of carbonyl (C=O) groups excluding carboxylic acids is 2. The number of halogens is 2. The van der Waals surface area contributed by atoms with Gasteiger partial charge in [0.05, 0.1) is 27.2 Å². The highest BCUT2D eigenvalue weighted by molar-refractivity contribution is 6.39. The Hall–Kier alpha value is -2.84. The number of carbonyl (C=O) groups is 2. The van der Waals surface area contributed by atoms with Crippen LogP contribution in [0.2, 0.25) is 10.0 Å². The van der Waals surface area contributed by atoms with E-state index in [1.165, 1.54) is 30.3 Å². The Morgan fingerprint density at radius 3 is 2.40 bits per heavy atom. The predicted octanol–water partition coefficient (Wildman–Crippen LogP) is 2.85. The Morgan fingerprint density at radius 1 is 1.16 bits per heavy atom. The first-order valence-corrected chi connectivity index (χ1v) is 7.60. The van der Waals surface area contributed by atoms with Gasteiger partial charge < -0.3 is 16.4 Å². The van der Waals surface area contributed by atoms with E-state index in [0.29, 0.717) is 5.69 Å². The molecule has 130 valence electrons. The topological polar surface area (TPSA) is 127 Å². The lowest BCUT2D eigenvalue weighted by atomic mass is 10.2. The SMILES string of the molecule is Nc1c(Cl)cc(NC(=O)CNC(=O)c2cccc([N+](=O)[O-])c2)cc1Cl. The van der Waals surface area contributed by atoms with Gasteiger partial charge in [0, 0.05) is 23.4 Å². The molecule has 0 aliphatic rings. The number of non-ortho nitro benzene ring substituents is 1. The first kappa shape index (κ1) is 18.5. The molecule has 0 radical (unpaired) electrons. The Bertz CT molecular complexity index is 834. The fourth-order valence-corrected chi connectivity index (χ4v) is 2.37. The van der Waals surface area contributed by atoms with E-state index in [4.69, 9.17) is 28.9 Å². The van der Waals surface area contributed by atoms with Crippen LogP contribution < -0.4 is 16.4 Å². The van der Waals surface area contributed by atoms with Crippen molar-refractivity contribution in [3.05, 3.63) is 62.1 Å². The molecule has 0 saturated heterocycles. The highest BCUT2D eigenvalue weighted by atomic mass is 35.5. The molecule has 2 rings (SSSR count). The van der Waals surface area contributed by atoms with E-state index < -0.39 is 16.7 Å². The zero-order chi connectivity index (χ0) is 18.6. The molecule has 0 heterocycles. The first-order valence-electron chi connectivity index (χ1n) is 6.85. The number of anilines is 2. The summed E-state index contributed by atoms with van der Waals surface area (Å²) < 4.78 is 0. The summed E-state index contributed by atoms with van der Waals surface area (Å²) in [5.41, 5.74) is 5.96. The number of nitrogens with one attached hydrogen (secondary N) is 2. The third kappa shape index (κ3) is 4.82. The maximum Gasteiger partial charge on any atom is 0.270 e. The summed E-state index contributed by atoms with van der Waals surface area (Å²) in [6.07, 6.45) is 0. The molecule has 2 amide bonds. The molecule has 25 heavy (non-hydrogen) atoms. The Labute approximate surface area is 152 Å². The number of rotatable bonds is 5. The van der Waals surface area contributed by atoms with E-state index in [0.717, 1.165) is 6.07 Å². The monoisotopic (exact) mass is 382 g/mol. The van der Waals surface area contributed by atoms with Crippen LogP contribution in [-0.4, -0.2) is 23.3 Å². The van der Waals surface area contributed by atoms with Crippen molar-refractivity contribution in [2.75, 3.05) is 17.6 Å². The fourth-order valence-electron chi connectivity index (χ4n) is 1.88. The number of nitro benzene ring substituents is 1. The van der Waals surface area contributed by atoms with Gasteiger partial charge in [-0.15, -0.1) is 0 Å². The van der Waals surface area contributed by atoms with Crippen LogP contribution in [0.3, 0.4) is 0 Å². The quantitative estimate of drug-likeness (QED) is 0.416. The first-order chi connectivity index (χ1) is 11.8. The lowest BCUT2D eigenvalue weighted by Crippen LogP contribution is -2.32. The molecule has 8 nitrogen and oxygen atoms in total. The average molecular weight is 383 g/mol. The Morgan fingerprint density at radius 2 is 1.80 bits per heavy atom. The molecule has 0 unspecified atom stereocenters. The van der Waals surface area contributed by atoms with Crippen molar-refractivity contribution in [1.29, 1.82) is 0 Å². The molecule has 0 aliphatic carbocycles. The normalized spacial score (nSPS) is 10.2. The number of benzene rings is 2. The Kier molecular flexibility index (Phi) is 5.79. The average Bonchev–Trinajstić information content (AvgIpc) is 2.57. The maximum absolute atomic E-state index is 12.0. The van der Waals surface area contributed by atoms with Gasteiger partial charge in [-0.3, -0.25) is 19.7 Å². The van der Waals surface area contributed by atoms with Crippen LogP contribution >= 0.6 is 23.2 Å². The number of nitrogens with two attached hydrogens (primary N) is 1. The number of nitro groups is 1. The van der Waals surface area contributed by atoms with Crippen molar-refractivity contribution in [3.63, 3.8) is 0 Å². The zero-order valence-corrected chi connectivity index (χ0v) is 14.1. The third-order valence-corrected chi connectivity index (χ3v) is 3.72. The van der Waals surface area contributed by atoms with Crippen LogP contribution in [0.25, 0.3) is 0 Å². The molecule has 0 bridgehead atoms. The lowest BCUT2D eigenvalue weighted by Gasteiger charge is -2.09. The molecule has 0 fully saturated rings. The van der Waals surface area contributed by atoms with Crippen molar-refractivity contribution < 1.29 is 14.5 Å². The van der Waals surface area contributed by atoms with Gasteiger partial charge >= 0.3 is 0 Å². The highest BCUT2D eigenvalue weighted by Gasteiger charge is 2.13. The predicted molar refractivity (Wildman–Crippen MR) is 94.9 cm³/mol. The zero-order valence-electron chi connectivity index (χ0n) is 12.6. The highest BCUT2D eigenvalue weighted by Crippen LogP contribution is 2.30. The van der Waals surface area contributed by atoms with E-state index in [-0.39, 0.29) is 33.5 Å². The van der Waals surface area contributed by atoms with Gasteiger partial charge in [-0.05, 0) is 18.2 Å². The standard InChI is InChI=1S/C15H12Cl2N4O4/c16-11-5-9(6-12(17)14(11)18)20-13(22)7-19-15(23)8-2-1-3-10(4-8)21(24)25/h1-6H,7,18H2,(H,19,23)(H,20,22). The number of nitrogens with zero attached hydrogens (tertiary/aromatic N) is 1. The fraction of sp³-hybridized carbons (Fsp3) is 0.0667. The Balaban J connectivity index is 1.97. The van der Waals surface area contributed by atoms with Crippen LogP contribution in [-0.2, 0) is 4.79 Å². The largest absolute Gasteiger partial charge is 0.396 e. The van der Waals surface area contributed by atoms with Crippen LogP contribution in [0.4, 0.5) is 17.1 Å². The minimum absolute atomic E-state index is 0.0700. The molecule has 0 aliphatic heterocycles. The van der Waals surface area contributed by atoms with Gasteiger partial charge in [-0.1, -0.05) is 29.3 Å². The van der Waals surface area contributed by atoms with E-state index in [2.05, 4.69) is 10.6 Å². The molecular formula is C15H12Cl2N4O4. The smallest absolute Gasteiger partial charge is 0.270 e. The van der Waals surface area contributed by atoms with Gasteiger partial charge in [-0.2, -0.15) is 0 Å². The second kappa shape index (κ2) is 7.82. The summed E-state index contributed by atoms with van der Waals surface area (Å²) >= 11 is 11.7. The van der Waals surface area contributed by atoms with Crippen molar-refractivity contribution in [3.8, 4) is 0 Å². The molecule has 0 atom stereocenters. The summed E-state index contributed by atoms with van der Waals surface area (Å²) in [5.74, 6) is -1.15. The second-order valence-corrected chi connectivity index (χ2v) is 5.71. The number of hydrogen-bond donors (Lipinski definition) is 3. The molecule has 0 saturated carbocycles. The lowest BCUT2D eigenvalue weighted by molar-refractivity contribution is -0.384. The maximum atomic E-state index is 12.0. The van der Waals surface area contributed by atoms with Crippen molar-refractivity contribution in [2.24, 2.45) is 0 Å². The van der Waals surface area contributed by atoms with Gasteiger partial charge in [0.15, 0.2) is 0 Å². The second-order valence-electron chi connectivity index (χ2n) is 4.89. The van der Waals surface area contributed by atoms with Gasteiger partial charge in [-0.25, -0.2) is 0 Å². The van der Waals surface area contributed by atoms with E-state index >= 15 is 0 Å². The summed E-state index contributed by atoms with van der Waals surface area (Å²) in [4.78, 5) is 33.9. The summed E-state index contributed by atoms with van der Waals surface area (Å²) in [5, 5.41) is 15.9. The number of hydrogen-bond acceptors (Lipinski definition) is 5. The van der Waals surface area contributed by atoms with Crippen LogP contribution in [0.1, 0.15) is 10.4 Å². The summed E-state index contributed by atoms with van der Waals surface area (Å²) in [6.45, 7) is -0.346. The van der Waals surface area contributed by atoms with Crippen LogP contribution in [0.15, 0.2) is 36.4 Å². The van der Waals surface area contributed by atoms with Gasteiger partial charge in [0.1, 0.15) is 0 Å². The van der Waals surface area contributed by atoms with E-state index in [9.17, 15) is 19.7 Å². The summed E-state index contributed by atoms with van der Waals surface area (Å²) in [6, 6.07) is 8.00. The van der Waals surface area contributed by atoms with Crippen molar-refractivity contribution in [1.82, 2.24) is 5.32 Å². The van der Waals surface area contributed by atoms with E-state index in [1.54, 1.807) is 0 Å². The molecule has 2 aromatic rings. The van der Waals surface area contributed by atoms with Gasteiger partial charge in [0.25, 0.3) is 11.6 Å². The van der Waals surface area contributed by atoms with E-state index in [1.807, 2.05) is 0 Å². The molecule has 4 N–H and O–H groups in total. The molecule has 0 spiro atoms. The van der Waals surface area contributed by atoms with Crippen molar-refractivity contribution >= 4 is 52.1 Å². The molecule has 0 aromatic heterocycles. The van der Waals surface area contributed by atoms with Crippen LogP contribution in [0, 0.1) is 10.1 Å². The van der Waals surface area contributed by atoms with Gasteiger partial charge in [0.2, 0.25) is 5.91 Å². The molecule has 2 aromatic carbocycles. The minimum Gasteiger partial charge on any atom is -0.396 e. The number of amides is 2. The van der Waals surface area contributed by atoms with Crippen LogP contribution in [0.5, 0.6) is 0 Å². The third-order valence-electron chi connectivity index (χ3n) is 3.09. The molecular weight excluding hydrogens is 371 g/mol. The van der Waals surface area contributed by atoms with Crippen molar-refractivity contribution in [2.45, 2.75) is 0 Å². The minimum atomic E-state index is -0.618. The molecule has 10 heteroatoms. The summed E-state index contributed by atoms with van der Waals surface area (Å²) in [7, 11) is 0. The number of nitrogen functional groups attached to an aromatic ring is 1.